The van der Waals surface area contributed by atoms with Gasteiger partial charge >= 0.3 is 0 Å². The lowest BCUT2D eigenvalue weighted by molar-refractivity contribution is 0.0940. The first-order valence-electron chi connectivity index (χ1n) is 6.30. The molecule has 1 N–H and O–H groups in total. The lowest BCUT2D eigenvalue weighted by Gasteiger charge is -2.16. The number of carbonyl (C=O) groups is 1. The number of rotatable bonds is 3. The predicted octanol–water partition coefficient (Wildman–Crippen LogP) is 4.79. The van der Waals surface area contributed by atoms with Crippen LogP contribution in [0.15, 0.2) is 42.5 Å². The van der Waals surface area contributed by atoms with Crippen molar-refractivity contribution in [3.63, 3.8) is 0 Å². The number of halogens is 2. The van der Waals surface area contributed by atoms with Crippen LogP contribution in [0, 0.1) is 6.92 Å². The van der Waals surface area contributed by atoms with Crippen LogP contribution < -0.4 is 5.32 Å². The minimum Gasteiger partial charge on any atom is -0.345 e. The number of hydrogen-bond donors (Lipinski definition) is 1. The van der Waals surface area contributed by atoms with Gasteiger partial charge in [-0.15, -0.1) is 0 Å². The Balaban J connectivity index is 2.15. The molecule has 0 aliphatic carbocycles. The quantitative estimate of drug-likeness (QED) is 0.867. The SMILES string of the molecule is Cc1cccc(C(=O)N[C@H](C)c2ccc(Cl)cc2Cl)c1. The van der Waals surface area contributed by atoms with Crippen molar-refractivity contribution in [3.8, 4) is 0 Å². The fourth-order valence-electron chi connectivity index (χ4n) is 2.00. The standard InChI is InChI=1S/C16H15Cl2NO/c1-10-4-3-5-12(8-10)16(20)19-11(2)14-7-6-13(17)9-15(14)18/h3-9,11H,1-2H3,(H,19,20)/t11-/m1/s1. The maximum absolute atomic E-state index is 12.2. The summed E-state index contributed by atoms with van der Waals surface area (Å²) in [6.07, 6.45) is 0. The lowest BCUT2D eigenvalue weighted by atomic mass is 10.1. The van der Waals surface area contributed by atoms with Crippen molar-refractivity contribution in [2.24, 2.45) is 0 Å². The Bertz CT molecular complexity index is 640. The molecule has 1 amide bonds. The summed E-state index contributed by atoms with van der Waals surface area (Å²) in [5.74, 6) is -0.118. The van der Waals surface area contributed by atoms with E-state index in [0.717, 1.165) is 11.1 Å². The fourth-order valence-corrected chi connectivity index (χ4v) is 2.57. The number of aryl methyl sites for hydroxylation is 1. The van der Waals surface area contributed by atoms with Crippen molar-refractivity contribution in [1.29, 1.82) is 0 Å². The monoisotopic (exact) mass is 307 g/mol. The van der Waals surface area contributed by atoms with Crippen molar-refractivity contribution < 1.29 is 4.79 Å². The molecule has 20 heavy (non-hydrogen) atoms. The molecule has 0 saturated carbocycles. The zero-order valence-corrected chi connectivity index (χ0v) is 12.8. The third-order valence-electron chi connectivity index (χ3n) is 3.06. The summed E-state index contributed by atoms with van der Waals surface area (Å²) in [5.41, 5.74) is 2.54. The highest BCUT2D eigenvalue weighted by Crippen LogP contribution is 2.26. The van der Waals surface area contributed by atoms with Crippen molar-refractivity contribution in [1.82, 2.24) is 5.32 Å². The molecule has 0 unspecified atom stereocenters. The molecule has 0 bridgehead atoms. The van der Waals surface area contributed by atoms with Gasteiger partial charge in [0.15, 0.2) is 0 Å². The van der Waals surface area contributed by atoms with Crippen LogP contribution in [-0.2, 0) is 0 Å². The van der Waals surface area contributed by atoms with Crippen LogP contribution in [0.5, 0.6) is 0 Å². The Hall–Kier alpha value is -1.51. The first kappa shape index (κ1) is 14.9. The van der Waals surface area contributed by atoms with Gasteiger partial charge in [-0.05, 0) is 43.7 Å². The van der Waals surface area contributed by atoms with Gasteiger partial charge in [0.05, 0.1) is 6.04 Å². The van der Waals surface area contributed by atoms with E-state index in [1.165, 1.54) is 0 Å². The van der Waals surface area contributed by atoms with E-state index in [0.29, 0.717) is 15.6 Å². The van der Waals surface area contributed by atoms with Crippen molar-refractivity contribution in [2.75, 3.05) is 0 Å². The van der Waals surface area contributed by atoms with Crippen molar-refractivity contribution in [3.05, 3.63) is 69.2 Å². The van der Waals surface area contributed by atoms with E-state index in [4.69, 9.17) is 23.2 Å². The number of carbonyl (C=O) groups excluding carboxylic acids is 1. The summed E-state index contributed by atoms with van der Waals surface area (Å²) in [5, 5.41) is 4.06. The van der Waals surface area contributed by atoms with Crippen LogP contribution in [-0.4, -0.2) is 5.91 Å². The molecule has 0 saturated heterocycles. The van der Waals surface area contributed by atoms with Gasteiger partial charge in [0, 0.05) is 15.6 Å². The maximum Gasteiger partial charge on any atom is 0.251 e. The molecule has 2 aromatic rings. The topological polar surface area (TPSA) is 29.1 Å². The molecule has 0 heterocycles. The summed E-state index contributed by atoms with van der Waals surface area (Å²) in [6, 6.07) is 12.5. The van der Waals surface area contributed by atoms with Gasteiger partial charge in [-0.2, -0.15) is 0 Å². The average Bonchev–Trinajstić information content (AvgIpc) is 2.38. The zero-order valence-electron chi connectivity index (χ0n) is 11.3. The smallest absolute Gasteiger partial charge is 0.251 e. The maximum atomic E-state index is 12.2. The second-order valence-electron chi connectivity index (χ2n) is 4.73. The third kappa shape index (κ3) is 3.53. The van der Waals surface area contributed by atoms with E-state index in [-0.39, 0.29) is 11.9 Å². The van der Waals surface area contributed by atoms with Crippen LogP contribution >= 0.6 is 23.2 Å². The second-order valence-corrected chi connectivity index (χ2v) is 5.57. The Kier molecular flexibility index (Phi) is 4.69. The van der Waals surface area contributed by atoms with Crippen LogP contribution in [0.2, 0.25) is 10.0 Å². The number of amides is 1. The molecule has 0 aliphatic heterocycles. The Labute approximate surface area is 128 Å². The van der Waals surface area contributed by atoms with Crippen molar-refractivity contribution >= 4 is 29.1 Å². The molecule has 0 aliphatic rings. The summed E-state index contributed by atoms with van der Waals surface area (Å²) in [4.78, 5) is 12.2. The van der Waals surface area contributed by atoms with Gasteiger partial charge < -0.3 is 5.32 Å². The molecule has 4 heteroatoms. The highest BCUT2D eigenvalue weighted by molar-refractivity contribution is 6.35. The fraction of sp³-hybridized carbons (Fsp3) is 0.188. The highest BCUT2D eigenvalue weighted by atomic mass is 35.5. The first-order chi connectivity index (χ1) is 9.47. The van der Waals surface area contributed by atoms with Gasteiger partial charge in [0.25, 0.3) is 5.91 Å². The lowest BCUT2D eigenvalue weighted by Crippen LogP contribution is -2.26. The van der Waals surface area contributed by atoms with Gasteiger partial charge in [-0.25, -0.2) is 0 Å². The van der Waals surface area contributed by atoms with E-state index in [1.807, 2.05) is 38.1 Å². The molecule has 0 aromatic heterocycles. The predicted molar refractivity (Wildman–Crippen MR) is 83.5 cm³/mol. The molecule has 2 aromatic carbocycles. The van der Waals surface area contributed by atoms with Gasteiger partial charge in [-0.3, -0.25) is 4.79 Å². The molecule has 0 spiro atoms. The zero-order chi connectivity index (χ0) is 14.7. The van der Waals surface area contributed by atoms with E-state index in [9.17, 15) is 4.79 Å². The molecule has 1 atom stereocenters. The molecule has 0 fully saturated rings. The first-order valence-corrected chi connectivity index (χ1v) is 7.05. The largest absolute Gasteiger partial charge is 0.345 e. The normalized spacial score (nSPS) is 12.0. The minimum atomic E-state index is -0.187. The summed E-state index contributed by atoms with van der Waals surface area (Å²) in [7, 11) is 0. The Morgan fingerprint density at radius 3 is 2.55 bits per heavy atom. The van der Waals surface area contributed by atoms with Crippen LogP contribution in [0.25, 0.3) is 0 Å². The van der Waals surface area contributed by atoms with E-state index < -0.39 is 0 Å². The average molecular weight is 308 g/mol. The number of nitrogens with one attached hydrogen (secondary N) is 1. The molecule has 104 valence electrons. The van der Waals surface area contributed by atoms with Crippen molar-refractivity contribution in [2.45, 2.75) is 19.9 Å². The van der Waals surface area contributed by atoms with Gasteiger partial charge in [-0.1, -0.05) is 47.0 Å². The third-order valence-corrected chi connectivity index (χ3v) is 3.62. The van der Waals surface area contributed by atoms with Crippen LogP contribution in [0.3, 0.4) is 0 Å². The van der Waals surface area contributed by atoms with Gasteiger partial charge in [0.1, 0.15) is 0 Å². The summed E-state index contributed by atoms with van der Waals surface area (Å²) in [6.45, 7) is 3.85. The Morgan fingerprint density at radius 1 is 1.15 bits per heavy atom. The number of benzene rings is 2. The summed E-state index contributed by atoms with van der Waals surface area (Å²) < 4.78 is 0. The van der Waals surface area contributed by atoms with Crippen LogP contribution in [0.1, 0.15) is 34.5 Å². The molecule has 0 radical (unpaired) electrons. The molecule has 2 nitrogen and oxygen atoms in total. The van der Waals surface area contributed by atoms with Gasteiger partial charge in [0.2, 0.25) is 0 Å². The minimum absolute atomic E-state index is 0.118. The van der Waals surface area contributed by atoms with E-state index in [1.54, 1.807) is 18.2 Å². The number of hydrogen-bond acceptors (Lipinski definition) is 1. The van der Waals surface area contributed by atoms with E-state index >= 15 is 0 Å². The highest BCUT2D eigenvalue weighted by Gasteiger charge is 2.14. The molecular weight excluding hydrogens is 293 g/mol. The summed E-state index contributed by atoms with van der Waals surface area (Å²) >= 11 is 12.0. The molecule has 2 rings (SSSR count). The van der Waals surface area contributed by atoms with E-state index in [2.05, 4.69) is 5.32 Å². The van der Waals surface area contributed by atoms with Crippen LogP contribution in [0.4, 0.5) is 0 Å². The Morgan fingerprint density at radius 2 is 1.90 bits per heavy atom. The second kappa shape index (κ2) is 6.29. The molecular formula is C16H15Cl2NO.